The van der Waals surface area contributed by atoms with Crippen molar-refractivity contribution < 1.29 is 32.2 Å². The molecule has 0 aliphatic carbocycles. The molecule has 0 bridgehead atoms. The normalized spacial score (nSPS) is 20.2. The van der Waals surface area contributed by atoms with Gasteiger partial charge in [0, 0.05) is 49.4 Å². The van der Waals surface area contributed by atoms with Crippen molar-refractivity contribution >= 4 is 52.5 Å². The molecular formula is C35H44Cl2N4O7S. The van der Waals surface area contributed by atoms with Gasteiger partial charge < -0.3 is 24.0 Å². The van der Waals surface area contributed by atoms with Gasteiger partial charge in [-0.1, -0.05) is 35.9 Å². The van der Waals surface area contributed by atoms with Gasteiger partial charge in [-0.3, -0.25) is 9.69 Å². The lowest BCUT2D eigenvalue weighted by Gasteiger charge is -2.42. The fourth-order valence-electron chi connectivity index (χ4n) is 7.01. The molecule has 0 radical (unpaired) electrons. The highest BCUT2D eigenvalue weighted by molar-refractivity contribution is 7.93. The monoisotopic (exact) mass is 734 g/mol. The molecule has 3 aromatic rings. The Kier molecular flexibility index (Phi) is 11.8. The lowest BCUT2D eigenvalue weighted by atomic mass is 9.84. The Balaban J connectivity index is 0.00000270. The second kappa shape index (κ2) is 15.1. The Bertz CT molecular complexity index is 1790. The minimum Gasteiger partial charge on any atom is -0.497 e. The first kappa shape index (κ1) is 38.3. The van der Waals surface area contributed by atoms with E-state index in [1.807, 2.05) is 26.0 Å². The molecule has 266 valence electrons. The Morgan fingerprint density at radius 1 is 0.837 bits per heavy atom. The Morgan fingerprint density at radius 2 is 1.51 bits per heavy atom. The van der Waals surface area contributed by atoms with Crippen LogP contribution in [0.3, 0.4) is 0 Å². The molecule has 14 heteroatoms. The zero-order valence-electron chi connectivity index (χ0n) is 28.4. The Morgan fingerprint density at radius 3 is 2.14 bits per heavy atom. The number of hydrogen-bond acceptors (Lipinski definition) is 9. The summed E-state index contributed by atoms with van der Waals surface area (Å²) >= 11 is 0. The third-order valence-corrected chi connectivity index (χ3v) is 11.4. The molecule has 1 atom stereocenters. The number of sulfonamides is 1. The summed E-state index contributed by atoms with van der Waals surface area (Å²) in [5, 5.41) is 0. The number of amides is 2. The van der Waals surface area contributed by atoms with Crippen LogP contribution < -0.4 is 13.8 Å². The SMILES string of the molecule is COc1ccc(S(=O)(=O)N2C(=O)C(OC(=O)N3CCN(C4CCN(C)CC4)CC3)(c3ccccc3C)c3cc(C)ccc32)c(OC)c1.Cl.Cl. The summed E-state index contributed by atoms with van der Waals surface area (Å²) in [6.07, 6.45) is 1.51. The molecule has 0 spiro atoms. The number of fused-ring (bicyclic) bond motifs is 1. The van der Waals surface area contributed by atoms with Crippen LogP contribution in [-0.4, -0.2) is 102 Å². The van der Waals surface area contributed by atoms with Gasteiger partial charge in [-0.15, -0.1) is 24.8 Å². The van der Waals surface area contributed by atoms with Crippen LogP contribution in [0.1, 0.15) is 35.1 Å². The number of rotatable bonds is 7. The maximum absolute atomic E-state index is 15.0. The first-order valence-electron chi connectivity index (χ1n) is 15.9. The number of likely N-dealkylation sites (tertiary alicyclic amines) is 1. The number of halogens is 2. The summed E-state index contributed by atoms with van der Waals surface area (Å²) in [5.74, 6) is -0.494. The highest BCUT2D eigenvalue weighted by Gasteiger charge is 2.60. The number of methoxy groups -OCH3 is 2. The first-order valence-corrected chi connectivity index (χ1v) is 17.3. The number of hydrogen-bond donors (Lipinski definition) is 0. The third kappa shape index (κ3) is 6.81. The topological polar surface area (TPSA) is 109 Å². The van der Waals surface area contributed by atoms with Crippen LogP contribution in [-0.2, 0) is 25.2 Å². The first-order chi connectivity index (χ1) is 22.5. The molecule has 6 rings (SSSR count). The van der Waals surface area contributed by atoms with Crippen LogP contribution in [0.2, 0.25) is 0 Å². The molecule has 3 aliphatic rings. The maximum Gasteiger partial charge on any atom is 0.411 e. The van der Waals surface area contributed by atoms with Crippen LogP contribution in [0.15, 0.2) is 65.6 Å². The van der Waals surface area contributed by atoms with E-state index in [4.69, 9.17) is 14.2 Å². The van der Waals surface area contributed by atoms with Gasteiger partial charge >= 0.3 is 6.09 Å². The molecular weight excluding hydrogens is 691 g/mol. The van der Waals surface area contributed by atoms with Crippen molar-refractivity contribution in [2.75, 3.05) is 64.8 Å². The van der Waals surface area contributed by atoms with Gasteiger partial charge in [-0.25, -0.2) is 13.2 Å². The Hall–Kier alpha value is -3.55. The van der Waals surface area contributed by atoms with E-state index in [1.54, 1.807) is 35.2 Å². The number of aryl methyl sites for hydroxylation is 2. The average molecular weight is 736 g/mol. The lowest BCUT2D eigenvalue weighted by Crippen LogP contribution is -2.55. The van der Waals surface area contributed by atoms with E-state index in [0.717, 1.165) is 35.8 Å². The van der Waals surface area contributed by atoms with Gasteiger partial charge in [-0.05, 0) is 76.7 Å². The minimum atomic E-state index is -4.57. The van der Waals surface area contributed by atoms with Crippen LogP contribution in [0.25, 0.3) is 0 Å². The predicted molar refractivity (Wildman–Crippen MR) is 192 cm³/mol. The van der Waals surface area contributed by atoms with Gasteiger partial charge in [0.25, 0.3) is 15.9 Å². The number of carbonyl (C=O) groups is 2. The summed E-state index contributed by atoms with van der Waals surface area (Å²) in [5.41, 5.74) is 0.192. The van der Waals surface area contributed by atoms with Crippen LogP contribution >= 0.6 is 24.8 Å². The summed E-state index contributed by atoms with van der Waals surface area (Å²) < 4.78 is 46.9. The van der Waals surface area contributed by atoms with E-state index in [1.165, 1.54) is 32.4 Å². The van der Waals surface area contributed by atoms with Gasteiger partial charge in [0.2, 0.25) is 5.60 Å². The average Bonchev–Trinajstić information content (AvgIpc) is 3.32. The fraction of sp³-hybridized carbons (Fsp3) is 0.429. The molecule has 0 aromatic heterocycles. The summed E-state index contributed by atoms with van der Waals surface area (Å²) in [7, 11) is 0.381. The highest BCUT2D eigenvalue weighted by atomic mass is 35.5. The van der Waals surface area contributed by atoms with E-state index in [9.17, 15) is 18.0 Å². The van der Waals surface area contributed by atoms with Crippen molar-refractivity contribution in [2.24, 2.45) is 0 Å². The molecule has 2 fully saturated rings. The predicted octanol–water partition coefficient (Wildman–Crippen LogP) is 4.99. The lowest BCUT2D eigenvalue weighted by molar-refractivity contribution is -0.132. The third-order valence-electron chi connectivity index (χ3n) is 9.67. The summed E-state index contributed by atoms with van der Waals surface area (Å²) in [6.45, 7) is 8.04. The number of ether oxygens (including phenoxy) is 3. The number of piperidine rings is 1. The number of benzene rings is 3. The van der Waals surface area contributed by atoms with Crippen LogP contribution in [0.4, 0.5) is 10.5 Å². The van der Waals surface area contributed by atoms with Gasteiger partial charge in [0.05, 0.1) is 19.9 Å². The quantitative estimate of drug-likeness (QED) is 0.332. The molecule has 3 heterocycles. The van der Waals surface area contributed by atoms with Crippen molar-refractivity contribution in [3.63, 3.8) is 0 Å². The van der Waals surface area contributed by atoms with Crippen molar-refractivity contribution in [1.82, 2.24) is 14.7 Å². The van der Waals surface area contributed by atoms with Crippen LogP contribution in [0, 0.1) is 13.8 Å². The molecule has 2 amide bonds. The molecule has 3 aliphatic heterocycles. The van der Waals surface area contributed by atoms with E-state index in [-0.39, 0.29) is 46.7 Å². The molecule has 3 aromatic carbocycles. The molecule has 11 nitrogen and oxygen atoms in total. The summed E-state index contributed by atoms with van der Waals surface area (Å²) in [4.78, 5) is 35.3. The molecule has 0 N–H and O–H groups in total. The van der Waals surface area contributed by atoms with Crippen molar-refractivity contribution in [3.05, 3.63) is 82.9 Å². The largest absolute Gasteiger partial charge is 0.497 e. The number of anilines is 1. The Labute approximate surface area is 301 Å². The van der Waals surface area contributed by atoms with Crippen molar-refractivity contribution in [2.45, 2.75) is 43.2 Å². The minimum absolute atomic E-state index is 0. The summed E-state index contributed by atoms with van der Waals surface area (Å²) in [6, 6.07) is 16.9. The van der Waals surface area contributed by atoms with E-state index in [2.05, 4.69) is 16.8 Å². The second-order valence-corrected chi connectivity index (χ2v) is 14.3. The molecule has 0 saturated carbocycles. The highest BCUT2D eigenvalue weighted by Crippen LogP contribution is 2.51. The molecule has 49 heavy (non-hydrogen) atoms. The van der Waals surface area contributed by atoms with E-state index in [0.29, 0.717) is 49.1 Å². The van der Waals surface area contributed by atoms with Crippen molar-refractivity contribution in [1.29, 1.82) is 0 Å². The van der Waals surface area contributed by atoms with Gasteiger partial charge in [-0.2, -0.15) is 4.31 Å². The molecule has 2 saturated heterocycles. The number of carbonyl (C=O) groups excluding carboxylic acids is 2. The van der Waals surface area contributed by atoms with Gasteiger partial charge in [0.15, 0.2) is 0 Å². The number of piperazine rings is 1. The second-order valence-electron chi connectivity index (χ2n) is 12.5. The van der Waals surface area contributed by atoms with E-state index >= 15 is 0 Å². The zero-order valence-corrected chi connectivity index (χ0v) is 30.8. The standard InChI is InChI=1S/C35H42N4O7S.2ClH/c1-24-10-12-30-29(22-24)35(28-9-7-6-8-25(28)2,33(40)39(30)47(42,43)32-13-11-27(44-4)23-31(32)45-5)46-34(41)38-20-18-37(19-21-38)26-14-16-36(3)17-15-26;;/h6-13,22-23,26H,14-21H2,1-5H3;2*1H. The molecule has 1 unspecified atom stereocenters. The smallest absolute Gasteiger partial charge is 0.411 e. The fourth-order valence-corrected chi connectivity index (χ4v) is 8.61. The van der Waals surface area contributed by atoms with Crippen LogP contribution in [0.5, 0.6) is 11.5 Å². The zero-order chi connectivity index (χ0) is 33.5. The van der Waals surface area contributed by atoms with Gasteiger partial charge in [0.1, 0.15) is 16.4 Å². The van der Waals surface area contributed by atoms with Crippen molar-refractivity contribution in [3.8, 4) is 11.5 Å². The van der Waals surface area contributed by atoms with E-state index < -0.39 is 27.6 Å². The number of nitrogens with zero attached hydrogens (tertiary/aromatic N) is 4. The maximum atomic E-state index is 15.0.